The molecule has 4 nitrogen and oxygen atoms in total. The Labute approximate surface area is 104 Å². The van der Waals surface area contributed by atoms with Gasteiger partial charge in [-0.1, -0.05) is 34.1 Å². The van der Waals surface area contributed by atoms with E-state index in [1.807, 2.05) is 0 Å². The minimum Gasteiger partial charge on any atom is -0.383 e. The lowest BCUT2D eigenvalue weighted by Crippen LogP contribution is -2.31. The number of nitrogen functional groups attached to an aromatic ring is 1. The van der Waals surface area contributed by atoms with Crippen LogP contribution in [0.15, 0.2) is 6.33 Å². The van der Waals surface area contributed by atoms with Gasteiger partial charge in [0, 0.05) is 11.6 Å². The van der Waals surface area contributed by atoms with Gasteiger partial charge in [0.25, 0.3) is 0 Å². The van der Waals surface area contributed by atoms with Crippen LogP contribution in [-0.4, -0.2) is 16.0 Å². The molecule has 0 radical (unpaired) electrons. The number of aromatic nitrogens is 2. The first-order chi connectivity index (χ1) is 7.86. The molecule has 0 amide bonds. The van der Waals surface area contributed by atoms with Crippen LogP contribution in [0.1, 0.15) is 46.6 Å². The Bertz CT molecular complexity index is 368. The molecule has 1 unspecified atom stereocenters. The van der Waals surface area contributed by atoms with Crippen LogP contribution < -0.4 is 11.1 Å². The van der Waals surface area contributed by atoms with E-state index in [1.165, 1.54) is 6.33 Å². The fraction of sp³-hybridized carbons (Fsp3) is 0.692. The number of rotatable bonds is 4. The number of hydrogen-bond acceptors (Lipinski definition) is 4. The molecule has 3 N–H and O–H groups in total. The van der Waals surface area contributed by atoms with Crippen LogP contribution in [0.5, 0.6) is 0 Å². The van der Waals surface area contributed by atoms with Crippen molar-refractivity contribution in [2.45, 2.75) is 53.5 Å². The van der Waals surface area contributed by atoms with Crippen molar-refractivity contribution < 1.29 is 0 Å². The molecule has 0 spiro atoms. The van der Waals surface area contributed by atoms with E-state index in [2.05, 4.69) is 49.9 Å². The Morgan fingerprint density at radius 1 is 1.35 bits per heavy atom. The van der Waals surface area contributed by atoms with Gasteiger partial charge in [0.15, 0.2) is 0 Å². The zero-order chi connectivity index (χ0) is 13.1. The maximum Gasteiger partial charge on any atom is 0.134 e. The normalized spacial score (nSPS) is 13.5. The summed E-state index contributed by atoms with van der Waals surface area (Å²) in [5.41, 5.74) is 7.12. The van der Waals surface area contributed by atoms with E-state index >= 15 is 0 Å². The molecule has 0 bridgehead atoms. The molecule has 0 aliphatic heterocycles. The van der Waals surface area contributed by atoms with Crippen molar-refractivity contribution in [2.75, 3.05) is 11.1 Å². The molecule has 0 fully saturated rings. The smallest absolute Gasteiger partial charge is 0.134 e. The van der Waals surface area contributed by atoms with Crippen LogP contribution in [0.3, 0.4) is 0 Å². The summed E-state index contributed by atoms with van der Waals surface area (Å²) < 4.78 is 0. The Balaban J connectivity index is 2.94. The van der Waals surface area contributed by atoms with Crippen molar-refractivity contribution >= 4 is 11.6 Å². The summed E-state index contributed by atoms with van der Waals surface area (Å²) in [7, 11) is 0. The van der Waals surface area contributed by atoms with Crippen molar-refractivity contribution in [2.24, 2.45) is 5.41 Å². The van der Waals surface area contributed by atoms with Crippen LogP contribution in [0.2, 0.25) is 0 Å². The van der Waals surface area contributed by atoms with Crippen molar-refractivity contribution in [1.82, 2.24) is 9.97 Å². The SMILES string of the molecule is CCCc1c(N)ncnc1NC(C)C(C)(C)C. The van der Waals surface area contributed by atoms with E-state index in [0.29, 0.717) is 11.9 Å². The Hall–Kier alpha value is -1.32. The third-order valence-corrected chi connectivity index (χ3v) is 3.13. The molecular formula is C13H24N4. The van der Waals surface area contributed by atoms with Crippen LogP contribution >= 0.6 is 0 Å². The van der Waals surface area contributed by atoms with Gasteiger partial charge in [-0.25, -0.2) is 9.97 Å². The average Bonchev–Trinajstić information content (AvgIpc) is 2.21. The summed E-state index contributed by atoms with van der Waals surface area (Å²) in [6.07, 6.45) is 3.47. The average molecular weight is 236 g/mol. The Morgan fingerprint density at radius 2 is 2.00 bits per heavy atom. The highest BCUT2D eigenvalue weighted by Gasteiger charge is 2.21. The number of nitrogens with two attached hydrogens (primary N) is 1. The van der Waals surface area contributed by atoms with Gasteiger partial charge in [-0.05, 0) is 18.8 Å². The standard InChI is InChI=1S/C13H24N4/c1-6-7-10-11(14)15-8-16-12(10)17-9(2)13(3,4)5/h8-9H,6-7H2,1-5H3,(H3,14,15,16,17). The Kier molecular flexibility index (Phi) is 4.32. The van der Waals surface area contributed by atoms with Crippen LogP contribution in [-0.2, 0) is 6.42 Å². The van der Waals surface area contributed by atoms with Gasteiger partial charge in [-0.15, -0.1) is 0 Å². The van der Waals surface area contributed by atoms with Gasteiger partial charge in [-0.3, -0.25) is 0 Å². The van der Waals surface area contributed by atoms with E-state index in [9.17, 15) is 0 Å². The van der Waals surface area contributed by atoms with Gasteiger partial charge in [0.05, 0.1) is 0 Å². The summed E-state index contributed by atoms with van der Waals surface area (Å²) in [5.74, 6) is 1.47. The quantitative estimate of drug-likeness (QED) is 0.843. The molecule has 96 valence electrons. The van der Waals surface area contributed by atoms with E-state index < -0.39 is 0 Å². The predicted molar refractivity (Wildman–Crippen MR) is 73.0 cm³/mol. The van der Waals surface area contributed by atoms with E-state index in [-0.39, 0.29) is 5.41 Å². The van der Waals surface area contributed by atoms with Gasteiger partial charge >= 0.3 is 0 Å². The van der Waals surface area contributed by atoms with Gasteiger partial charge < -0.3 is 11.1 Å². The number of nitrogens with one attached hydrogen (secondary N) is 1. The summed E-state index contributed by atoms with van der Waals surface area (Å²) in [6.45, 7) is 10.9. The maximum atomic E-state index is 5.90. The highest BCUT2D eigenvalue weighted by molar-refractivity contribution is 5.55. The third kappa shape index (κ3) is 3.58. The van der Waals surface area contributed by atoms with Gasteiger partial charge in [-0.2, -0.15) is 0 Å². The van der Waals surface area contributed by atoms with Crippen LogP contribution in [0, 0.1) is 5.41 Å². The van der Waals surface area contributed by atoms with Crippen molar-refractivity contribution in [3.05, 3.63) is 11.9 Å². The first-order valence-electron chi connectivity index (χ1n) is 6.22. The molecule has 0 saturated heterocycles. The van der Waals surface area contributed by atoms with E-state index in [1.54, 1.807) is 0 Å². The fourth-order valence-corrected chi connectivity index (χ4v) is 1.47. The predicted octanol–water partition coefficient (Wildman–Crippen LogP) is 2.86. The number of hydrogen-bond donors (Lipinski definition) is 2. The first-order valence-corrected chi connectivity index (χ1v) is 6.22. The third-order valence-electron chi connectivity index (χ3n) is 3.13. The molecule has 1 aromatic heterocycles. The minimum atomic E-state index is 0.184. The topological polar surface area (TPSA) is 63.8 Å². The maximum absolute atomic E-state index is 5.90. The zero-order valence-corrected chi connectivity index (χ0v) is 11.5. The highest BCUT2D eigenvalue weighted by atomic mass is 15.1. The lowest BCUT2D eigenvalue weighted by molar-refractivity contribution is 0.358. The zero-order valence-electron chi connectivity index (χ0n) is 11.5. The lowest BCUT2D eigenvalue weighted by atomic mass is 9.88. The van der Waals surface area contributed by atoms with Crippen molar-refractivity contribution in [1.29, 1.82) is 0 Å². The highest BCUT2D eigenvalue weighted by Crippen LogP contribution is 2.25. The van der Waals surface area contributed by atoms with E-state index in [0.717, 1.165) is 24.2 Å². The molecule has 0 saturated carbocycles. The summed E-state index contributed by atoms with van der Waals surface area (Å²) in [4.78, 5) is 8.36. The molecule has 0 aliphatic carbocycles. The molecule has 0 aliphatic rings. The number of anilines is 2. The molecule has 4 heteroatoms. The summed E-state index contributed by atoms with van der Waals surface area (Å²) in [5, 5.41) is 3.44. The molecule has 0 aromatic carbocycles. The first kappa shape index (κ1) is 13.7. The molecule has 1 atom stereocenters. The molecule has 17 heavy (non-hydrogen) atoms. The monoisotopic (exact) mass is 236 g/mol. The molecule has 1 heterocycles. The lowest BCUT2D eigenvalue weighted by Gasteiger charge is -2.29. The minimum absolute atomic E-state index is 0.184. The Morgan fingerprint density at radius 3 is 2.53 bits per heavy atom. The van der Waals surface area contributed by atoms with Crippen molar-refractivity contribution in [3.8, 4) is 0 Å². The molecular weight excluding hydrogens is 212 g/mol. The van der Waals surface area contributed by atoms with Crippen LogP contribution in [0.4, 0.5) is 11.6 Å². The molecule has 1 aromatic rings. The number of nitrogens with zero attached hydrogens (tertiary/aromatic N) is 2. The molecule has 1 rings (SSSR count). The summed E-state index contributed by atoms with van der Waals surface area (Å²) >= 11 is 0. The van der Waals surface area contributed by atoms with Gasteiger partial charge in [0.1, 0.15) is 18.0 Å². The second-order valence-electron chi connectivity index (χ2n) is 5.57. The fourth-order valence-electron chi connectivity index (χ4n) is 1.47. The second-order valence-corrected chi connectivity index (χ2v) is 5.57. The summed E-state index contributed by atoms with van der Waals surface area (Å²) in [6, 6.07) is 0.326. The van der Waals surface area contributed by atoms with Crippen molar-refractivity contribution in [3.63, 3.8) is 0 Å². The largest absolute Gasteiger partial charge is 0.383 e. The van der Waals surface area contributed by atoms with E-state index in [4.69, 9.17) is 5.73 Å². The van der Waals surface area contributed by atoms with Gasteiger partial charge in [0.2, 0.25) is 0 Å². The second kappa shape index (κ2) is 5.34. The van der Waals surface area contributed by atoms with Crippen LogP contribution in [0.25, 0.3) is 0 Å².